The monoisotopic (exact) mass is 345 g/mol. The number of carbonyl (C=O) groups is 1. The molecule has 2 rings (SSSR count). The molecule has 0 saturated carbocycles. The average Bonchev–Trinajstić information content (AvgIpc) is 2.33. The Labute approximate surface area is 125 Å². The van der Waals surface area contributed by atoms with Crippen LogP contribution in [0.2, 0.25) is 0 Å². The molecule has 0 atom stereocenters. The molecule has 0 saturated heterocycles. The van der Waals surface area contributed by atoms with E-state index in [1.807, 2.05) is 0 Å². The second kappa shape index (κ2) is 5.24. The Morgan fingerprint density at radius 2 is 2.10 bits per heavy atom. The number of carbonyl (C=O) groups excluding carboxylic acids is 1. The predicted octanol–water partition coefficient (Wildman–Crippen LogP) is 3.59. The first-order valence-corrected chi connectivity index (χ1v) is 7.15. The maximum Gasteiger partial charge on any atom is 0.410 e. The third-order valence-electron chi connectivity index (χ3n) is 3.04. The highest BCUT2D eigenvalue weighted by Gasteiger charge is 2.29. The summed E-state index contributed by atoms with van der Waals surface area (Å²) in [5.41, 5.74) is 0.323. The maximum atomic E-state index is 14.0. The van der Waals surface area contributed by atoms with Crippen molar-refractivity contribution in [3.63, 3.8) is 0 Å². The van der Waals surface area contributed by atoms with Gasteiger partial charge in [-0.25, -0.2) is 9.18 Å². The number of halogens is 2. The number of benzene rings is 1. The fraction of sp³-hybridized carbons (Fsp3) is 0.500. The lowest BCUT2D eigenvalue weighted by Crippen LogP contribution is -2.40. The van der Waals surface area contributed by atoms with Crippen LogP contribution in [0.3, 0.4) is 0 Å². The molecule has 1 aliphatic heterocycles. The number of aromatic hydroxyl groups is 1. The lowest BCUT2D eigenvalue weighted by atomic mass is 9.98. The van der Waals surface area contributed by atoms with Crippen molar-refractivity contribution < 1.29 is 19.0 Å². The molecular formula is C14H17BrFNO3. The van der Waals surface area contributed by atoms with E-state index in [-0.39, 0.29) is 22.6 Å². The van der Waals surface area contributed by atoms with E-state index < -0.39 is 11.7 Å². The Morgan fingerprint density at radius 1 is 1.45 bits per heavy atom. The van der Waals surface area contributed by atoms with Crippen molar-refractivity contribution in [1.29, 1.82) is 0 Å². The second-order valence-corrected chi connectivity index (χ2v) is 6.65. The molecule has 1 N–H and O–H groups in total. The minimum absolute atomic E-state index is 0.0125. The van der Waals surface area contributed by atoms with Crippen LogP contribution in [0.15, 0.2) is 10.5 Å². The zero-order valence-corrected chi connectivity index (χ0v) is 13.3. The van der Waals surface area contributed by atoms with Gasteiger partial charge in [-0.3, -0.25) is 0 Å². The summed E-state index contributed by atoms with van der Waals surface area (Å²) in [5, 5.41) is 9.92. The number of ether oxygens (including phenoxy) is 1. The minimum atomic E-state index is -0.579. The molecule has 0 fully saturated rings. The van der Waals surface area contributed by atoms with Crippen molar-refractivity contribution in [2.75, 3.05) is 6.54 Å². The van der Waals surface area contributed by atoms with Crippen LogP contribution in [0.5, 0.6) is 5.75 Å². The molecule has 6 heteroatoms. The van der Waals surface area contributed by atoms with Gasteiger partial charge < -0.3 is 14.7 Å². The molecule has 0 bridgehead atoms. The van der Waals surface area contributed by atoms with E-state index in [4.69, 9.17) is 4.74 Å². The highest BCUT2D eigenvalue weighted by molar-refractivity contribution is 9.10. The summed E-state index contributed by atoms with van der Waals surface area (Å²) >= 11 is 3.07. The van der Waals surface area contributed by atoms with Gasteiger partial charge in [0.25, 0.3) is 0 Å². The van der Waals surface area contributed by atoms with E-state index in [0.717, 1.165) is 0 Å². The van der Waals surface area contributed by atoms with Crippen LogP contribution in [0.25, 0.3) is 0 Å². The van der Waals surface area contributed by atoms with Gasteiger partial charge in [-0.05, 0) is 54.8 Å². The van der Waals surface area contributed by atoms with Gasteiger partial charge in [0.15, 0.2) is 0 Å². The largest absolute Gasteiger partial charge is 0.508 e. The Morgan fingerprint density at radius 3 is 2.70 bits per heavy atom. The molecular weight excluding hydrogens is 329 g/mol. The van der Waals surface area contributed by atoms with Gasteiger partial charge in [-0.2, -0.15) is 0 Å². The van der Waals surface area contributed by atoms with Crippen molar-refractivity contribution in [2.24, 2.45) is 0 Å². The fourth-order valence-corrected chi connectivity index (χ4v) is 2.59. The summed E-state index contributed by atoms with van der Waals surface area (Å²) < 4.78 is 19.5. The van der Waals surface area contributed by atoms with E-state index >= 15 is 0 Å². The molecule has 1 aromatic rings. The summed E-state index contributed by atoms with van der Waals surface area (Å²) in [6, 6.07) is 1.31. The number of hydrogen-bond acceptors (Lipinski definition) is 3. The Kier molecular flexibility index (Phi) is 3.95. The quantitative estimate of drug-likeness (QED) is 0.781. The lowest BCUT2D eigenvalue weighted by molar-refractivity contribution is 0.0221. The van der Waals surface area contributed by atoms with Crippen molar-refractivity contribution in [3.05, 3.63) is 27.5 Å². The molecule has 0 radical (unpaired) electrons. The maximum absolute atomic E-state index is 14.0. The van der Waals surface area contributed by atoms with Gasteiger partial charge in [0, 0.05) is 12.1 Å². The van der Waals surface area contributed by atoms with Gasteiger partial charge in [0.1, 0.15) is 17.2 Å². The van der Waals surface area contributed by atoms with Crippen LogP contribution in [0.1, 0.15) is 31.9 Å². The fourth-order valence-electron chi connectivity index (χ4n) is 2.14. The van der Waals surface area contributed by atoms with E-state index in [1.54, 1.807) is 20.8 Å². The minimum Gasteiger partial charge on any atom is -0.508 e. The van der Waals surface area contributed by atoms with Gasteiger partial charge >= 0.3 is 6.09 Å². The van der Waals surface area contributed by atoms with E-state index in [9.17, 15) is 14.3 Å². The zero-order chi connectivity index (χ0) is 15.1. The van der Waals surface area contributed by atoms with Crippen molar-refractivity contribution >= 4 is 22.0 Å². The predicted molar refractivity (Wildman–Crippen MR) is 76.1 cm³/mol. The molecule has 110 valence electrons. The van der Waals surface area contributed by atoms with Crippen molar-refractivity contribution in [1.82, 2.24) is 4.90 Å². The molecule has 0 spiro atoms. The first-order chi connectivity index (χ1) is 9.19. The topological polar surface area (TPSA) is 49.8 Å². The van der Waals surface area contributed by atoms with E-state index in [1.165, 1.54) is 11.0 Å². The summed E-state index contributed by atoms with van der Waals surface area (Å²) in [6.07, 6.45) is -0.0983. The highest BCUT2D eigenvalue weighted by Crippen LogP contribution is 2.34. The first-order valence-electron chi connectivity index (χ1n) is 6.35. The SMILES string of the molecule is CC(C)(C)OC(=O)N1CCc2c(F)c(Br)cc(O)c2C1. The Balaban J connectivity index is 2.24. The molecule has 4 nitrogen and oxygen atoms in total. The van der Waals surface area contributed by atoms with Crippen LogP contribution in [-0.4, -0.2) is 28.2 Å². The molecule has 1 aliphatic rings. The lowest BCUT2D eigenvalue weighted by Gasteiger charge is -2.31. The van der Waals surface area contributed by atoms with Gasteiger partial charge in [-0.1, -0.05) is 0 Å². The Hall–Kier alpha value is -1.30. The first kappa shape index (κ1) is 15.1. The number of fused-ring (bicyclic) bond motifs is 1. The van der Waals surface area contributed by atoms with Crippen LogP contribution >= 0.6 is 15.9 Å². The smallest absolute Gasteiger partial charge is 0.410 e. The van der Waals surface area contributed by atoms with Crippen molar-refractivity contribution in [3.8, 4) is 5.75 Å². The normalized spacial score (nSPS) is 14.9. The third kappa shape index (κ3) is 3.06. The third-order valence-corrected chi connectivity index (χ3v) is 3.62. The second-order valence-electron chi connectivity index (χ2n) is 5.80. The molecule has 0 aliphatic carbocycles. The van der Waals surface area contributed by atoms with Crippen LogP contribution in [0, 0.1) is 5.82 Å². The van der Waals surface area contributed by atoms with Crippen LogP contribution in [0.4, 0.5) is 9.18 Å². The van der Waals surface area contributed by atoms with Crippen LogP contribution in [-0.2, 0) is 17.7 Å². The van der Waals surface area contributed by atoms with E-state index in [0.29, 0.717) is 24.1 Å². The number of amides is 1. The molecule has 1 aromatic carbocycles. The highest BCUT2D eigenvalue weighted by atomic mass is 79.9. The van der Waals surface area contributed by atoms with E-state index in [2.05, 4.69) is 15.9 Å². The Bertz CT molecular complexity index is 554. The molecule has 0 aromatic heterocycles. The van der Waals surface area contributed by atoms with Gasteiger partial charge in [-0.15, -0.1) is 0 Å². The number of phenols is 1. The summed E-state index contributed by atoms with van der Waals surface area (Å²) in [5.74, 6) is -0.386. The standard InChI is InChI=1S/C14H17BrFNO3/c1-14(2,3)20-13(19)17-5-4-8-9(7-17)11(18)6-10(15)12(8)16/h6,18H,4-5,7H2,1-3H3. The summed E-state index contributed by atoms with van der Waals surface area (Å²) in [4.78, 5) is 13.5. The summed E-state index contributed by atoms with van der Waals surface area (Å²) in [7, 11) is 0. The number of rotatable bonds is 0. The number of hydrogen-bond donors (Lipinski definition) is 1. The van der Waals surface area contributed by atoms with Crippen molar-refractivity contribution in [2.45, 2.75) is 39.3 Å². The summed E-state index contributed by atoms with van der Waals surface area (Å²) in [6.45, 7) is 5.89. The molecule has 1 amide bonds. The number of phenolic OH excluding ortho intramolecular Hbond substituents is 1. The van der Waals surface area contributed by atoms with Gasteiger partial charge in [0.05, 0.1) is 11.0 Å². The zero-order valence-electron chi connectivity index (χ0n) is 11.7. The molecule has 20 heavy (non-hydrogen) atoms. The van der Waals surface area contributed by atoms with Gasteiger partial charge in [0.2, 0.25) is 0 Å². The molecule has 0 unspecified atom stereocenters. The molecule has 1 heterocycles. The van der Waals surface area contributed by atoms with Crippen LogP contribution < -0.4 is 0 Å². The number of nitrogens with zero attached hydrogens (tertiary/aromatic N) is 1. The average molecular weight is 346 g/mol.